The van der Waals surface area contributed by atoms with Crippen molar-refractivity contribution in [3.05, 3.63) is 34.6 Å². The van der Waals surface area contributed by atoms with Gasteiger partial charge in [0.25, 0.3) is 5.56 Å². The quantitative estimate of drug-likeness (QED) is 0.437. The van der Waals surface area contributed by atoms with E-state index >= 15 is 0 Å². The molecule has 4 rings (SSSR count). The standard InChI is InChI=1S/C21H26F2N8O4/c1-13(31-16-11-26-27-19(33)18(16)14(2)28-31)12-34-8-3-17(32)29-4-6-30(7-5-29)21-24-9-15(10-25-21)35-20(22)23/h9-11,13,20H,3-8,12H2,1-2H3,(H,27,33). The summed E-state index contributed by atoms with van der Waals surface area (Å²) in [4.78, 5) is 36.3. The number of fused-ring (bicyclic) bond motifs is 1. The van der Waals surface area contributed by atoms with Crippen LogP contribution in [-0.4, -0.2) is 86.8 Å². The van der Waals surface area contributed by atoms with Gasteiger partial charge in [-0.2, -0.15) is 19.0 Å². The predicted molar refractivity (Wildman–Crippen MR) is 120 cm³/mol. The number of aromatic amines is 1. The summed E-state index contributed by atoms with van der Waals surface area (Å²) in [5.74, 6) is 0.276. The highest BCUT2D eigenvalue weighted by atomic mass is 19.3. The smallest absolute Gasteiger partial charge is 0.387 e. The molecule has 14 heteroatoms. The molecular weight excluding hydrogens is 466 g/mol. The maximum absolute atomic E-state index is 12.6. The number of amides is 1. The summed E-state index contributed by atoms with van der Waals surface area (Å²) in [5.41, 5.74) is 0.971. The van der Waals surface area contributed by atoms with E-state index in [4.69, 9.17) is 4.74 Å². The zero-order valence-electron chi connectivity index (χ0n) is 19.4. The molecule has 1 N–H and O–H groups in total. The molecule has 1 atom stereocenters. The molecule has 0 bridgehead atoms. The van der Waals surface area contributed by atoms with Gasteiger partial charge in [0.15, 0.2) is 5.75 Å². The van der Waals surface area contributed by atoms with Crippen LogP contribution in [0.4, 0.5) is 14.7 Å². The van der Waals surface area contributed by atoms with E-state index in [2.05, 4.69) is 30.0 Å². The van der Waals surface area contributed by atoms with Crippen LogP contribution in [0.2, 0.25) is 0 Å². The van der Waals surface area contributed by atoms with Crippen LogP contribution in [0.15, 0.2) is 23.4 Å². The summed E-state index contributed by atoms with van der Waals surface area (Å²) in [7, 11) is 0. The number of hydrogen-bond donors (Lipinski definition) is 1. The summed E-state index contributed by atoms with van der Waals surface area (Å²) >= 11 is 0. The number of aryl methyl sites for hydroxylation is 1. The molecule has 0 spiro atoms. The summed E-state index contributed by atoms with van der Waals surface area (Å²) in [6.07, 6.45) is 4.20. The second kappa shape index (κ2) is 10.7. The van der Waals surface area contributed by atoms with Gasteiger partial charge in [0.2, 0.25) is 11.9 Å². The van der Waals surface area contributed by atoms with Crippen LogP contribution >= 0.6 is 0 Å². The van der Waals surface area contributed by atoms with Crippen molar-refractivity contribution in [1.82, 2.24) is 34.8 Å². The van der Waals surface area contributed by atoms with Crippen LogP contribution in [0.3, 0.4) is 0 Å². The van der Waals surface area contributed by atoms with Crippen LogP contribution < -0.4 is 15.2 Å². The molecule has 35 heavy (non-hydrogen) atoms. The van der Waals surface area contributed by atoms with Gasteiger partial charge in [-0.3, -0.25) is 14.3 Å². The normalized spacial score (nSPS) is 15.1. The maximum atomic E-state index is 12.6. The van der Waals surface area contributed by atoms with E-state index < -0.39 is 6.61 Å². The van der Waals surface area contributed by atoms with E-state index in [0.29, 0.717) is 55.3 Å². The molecule has 3 aromatic heterocycles. The number of carbonyl (C=O) groups excluding carboxylic acids is 1. The third-order valence-corrected chi connectivity index (χ3v) is 5.69. The van der Waals surface area contributed by atoms with Gasteiger partial charge >= 0.3 is 6.61 Å². The Labute approximate surface area is 198 Å². The number of H-pyrrole nitrogens is 1. The molecule has 12 nitrogen and oxygen atoms in total. The number of nitrogens with zero attached hydrogens (tertiary/aromatic N) is 7. The van der Waals surface area contributed by atoms with Gasteiger partial charge in [-0.25, -0.2) is 15.1 Å². The lowest BCUT2D eigenvalue weighted by Crippen LogP contribution is -2.49. The van der Waals surface area contributed by atoms with Crippen molar-refractivity contribution < 1.29 is 23.0 Å². The van der Waals surface area contributed by atoms with E-state index in [1.165, 1.54) is 12.4 Å². The Morgan fingerprint density at radius 2 is 1.89 bits per heavy atom. The second-order valence-electron chi connectivity index (χ2n) is 8.13. The average Bonchev–Trinajstić information content (AvgIpc) is 3.19. The number of piperazine rings is 1. The number of alkyl halides is 2. The Balaban J connectivity index is 1.20. The van der Waals surface area contributed by atoms with Gasteiger partial charge in [-0.05, 0) is 13.8 Å². The zero-order valence-corrected chi connectivity index (χ0v) is 19.4. The highest BCUT2D eigenvalue weighted by molar-refractivity contribution is 5.79. The Morgan fingerprint density at radius 3 is 2.57 bits per heavy atom. The molecule has 188 valence electrons. The monoisotopic (exact) mass is 492 g/mol. The molecule has 4 heterocycles. The molecule has 1 fully saturated rings. The van der Waals surface area contributed by atoms with Gasteiger partial charge in [0.05, 0.1) is 60.9 Å². The van der Waals surface area contributed by atoms with Gasteiger partial charge in [-0.1, -0.05) is 0 Å². The Bertz CT molecular complexity index is 1210. The fourth-order valence-electron chi connectivity index (χ4n) is 3.95. The predicted octanol–water partition coefficient (Wildman–Crippen LogP) is 1.14. The Hall–Kier alpha value is -3.68. The Kier molecular flexibility index (Phi) is 7.48. The number of carbonyl (C=O) groups is 1. The van der Waals surface area contributed by atoms with Crippen molar-refractivity contribution in [3.63, 3.8) is 0 Å². The number of anilines is 1. The average molecular weight is 492 g/mol. The SMILES string of the molecule is Cc1nn(C(C)COCCC(=O)N2CCN(c3ncc(OC(F)F)cn3)CC2)c2cn[nH]c(=O)c12. The number of nitrogens with one attached hydrogen (secondary N) is 1. The van der Waals surface area contributed by atoms with Crippen molar-refractivity contribution in [2.24, 2.45) is 0 Å². The van der Waals surface area contributed by atoms with Crippen LogP contribution in [0.25, 0.3) is 10.9 Å². The minimum absolute atomic E-state index is 0.0185. The molecule has 1 saturated heterocycles. The van der Waals surface area contributed by atoms with Crippen molar-refractivity contribution in [1.29, 1.82) is 0 Å². The first-order valence-corrected chi connectivity index (χ1v) is 11.1. The largest absolute Gasteiger partial charge is 0.432 e. The van der Waals surface area contributed by atoms with Gasteiger partial charge in [0.1, 0.15) is 0 Å². The first kappa shape index (κ1) is 24.4. The third kappa shape index (κ3) is 5.70. The molecule has 0 radical (unpaired) electrons. The summed E-state index contributed by atoms with van der Waals surface area (Å²) in [6, 6.07) is -0.147. The third-order valence-electron chi connectivity index (χ3n) is 5.69. The van der Waals surface area contributed by atoms with E-state index in [1.54, 1.807) is 22.7 Å². The minimum Gasteiger partial charge on any atom is -0.432 e. The highest BCUT2D eigenvalue weighted by Crippen LogP contribution is 2.18. The van der Waals surface area contributed by atoms with Crippen molar-refractivity contribution in [3.8, 4) is 5.75 Å². The van der Waals surface area contributed by atoms with Crippen LogP contribution in [0, 0.1) is 6.92 Å². The first-order chi connectivity index (χ1) is 16.8. The number of hydrogen-bond acceptors (Lipinski definition) is 9. The molecule has 3 aromatic rings. The summed E-state index contributed by atoms with van der Waals surface area (Å²) in [6.45, 7) is 3.38. The molecule has 1 aliphatic rings. The maximum Gasteiger partial charge on any atom is 0.387 e. The van der Waals surface area contributed by atoms with Gasteiger partial charge in [0, 0.05) is 26.2 Å². The van der Waals surface area contributed by atoms with Crippen LogP contribution in [0.5, 0.6) is 5.75 Å². The molecule has 0 aliphatic carbocycles. The zero-order chi connectivity index (χ0) is 24.9. The lowest BCUT2D eigenvalue weighted by molar-refractivity contribution is -0.132. The molecule has 0 saturated carbocycles. The molecule has 1 amide bonds. The molecular formula is C21H26F2N8O4. The summed E-state index contributed by atoms with van der Waals surface area (Å²) in [5, 5.41) is 11.2. The lowest BCUT2D eigenvalue weighted by Gasteiger charge is -2.34. The fourth-order valence-corrected chi connectivity index (χ4v) is 3.95. The van der Waals surface area contributed by atoms with Gasteiger partial charge in [-0.15, -0.1) is 0 Å². The lowest BCUT2D eigenvalue weighted by atomic mass is 10.3. The number of ether oxygens (including phenoxy) is 2. The van der Waals surface area contributed by atoms with Crippen molar-refractivity contribution in [2.45, 2.75) is 32.9 Å². The molecule has 1 aliphatic heterocycles. The first-order valence-electron chi connectivity index (χ1n) is 11.1. The minimum atomic E-state index is -2.93. The van der Waals surface area contributed by atoms with Gasteiger partial charge < -0.3 is 19.3 Å². The van der Waals surface area contributed by atoms with E-state index in [1.807, 2.05) is 11.8 Å². The second-order valence-corrected chi connectivity index (χ2v) is 8.13. The van der Waals surface area contributed by atoms with E-state index in [9.17, 15) is 18.4 Å². The highest BCUT2D eigenvalue weighted by Gasteiger charge is 2.23. The topological polar surface area (TPSA) is 131 Å². The van der Waals surface area contributed by atoms with Crippen molar-refractivity contribution >= 4 is 22.8 Å². The van der Waals surface area contributed by atoms with E-state index in [-0.39, 0.29) is 36.3 Å². The number of rotatable bonds is 9. The van der Waals surface area contributed by atoms with E-state index in [0.717, 1.165) is 0 Å². The Morgan fingerprint density at radius 1 is 1.17 bits per heavy atom. The van der Waals surface area contributed by atoms with Crippen LogP contribution in [0.1, 0.15) is 25.1 Å². The van der Waals surface area contributed by atoms with Crippen LogP contribution in [-0.2, 0) is 9.53 Å². The summed E-state index contributed by atoms with van der Waals surface area (Å²) < 4.78 is 36.2. The number of aromatic nitrogens is 6. The fraction of sp³-hybridized carbons (Fsp3) is 0.524. The number of halogens is 2. The van der Waals surface area contributed by atoms with Crippen molar-refractivity contribution in [2.75, 3.05) is 44.3 Å². The molecule has 0 aromatic carbocycles. The molecule has 1 unspecified atom stereocenters.